The van der Waals surface area contributed by atoms with Gasteiger partial charge in [0.25, 0.3) is 0 Å². The van der Waals surface area contributed by atoms with E-state index in [1.807, 2.05) is 0 Å². The van der Waals surface area contributed by atoms with Crippen LogP contribution in [0.2, 0.25) is 0 Å². The van der Waals surface area contributed by atoms with E-state index in [4.69, 9.17) is 0 Å². The average Bonchev–Trinajstić information content (AvgIpc) is 2.04. The molecule has 0 spiro atoms. The second kappa shape index (κ2) is 5.39. The fraction of sp³-hybridized carbons (Fsp3) is 0.500. The van der Waals surface area contributed by atoms with Gasteiger partial charge in [-0.25, -0.2) is 9.59 Å². The molecule has 11 heavy (non-hydrogen) atoms. The van der Waals surface area contributed by atoms with E-state index >= 15 is 0 Å². The number of carbonyl (C=O) groups is 2. The van der Waals surface area contributed by atoms with E-state index in [9.17, 15) is 9.59 Å². The van der Waals surface area contributed by atoms with E-state index in [0.29, 0.717) is 7.69 Å². The van der Waals surface area contributed by atoms with Gasteiger partial charge >= 0.3 is 20.0 Å². The van der Waals surface area contributed by atoms with Crippen LogP contribution in [0, 0.1) is 0 Å². The third kappa shape index (κ3) is 5.07. The highest BCUT2D eigenvalue weighted by Crippen LogP contribution is 1.83. The summed E-state index contributed by atoms with van der Waals surface area (Å²) in [6.45, 7) is 0. The average molecular weight is 161 g/mol. The predicted molar refractivity (Wildman–Crippen MR) is 32.7 cm³/mol. The van der Waals surface area contributed by atoms with E-state index in [0.717, 1.165) is 14.2 Å². The van der Waals surface area contributed by atoms with Crippen LogP contribution in [0.4, 0.5) is 9.59 Å². The van der Waals surface area contributed by atoms with Gasteiger partial charge < -0.3 is 18.8 Å². The molecule has 0 aliphatic rings. The highest BCUT2D eigenvalue weighted by atomic mass is 16.8. The van der Waals surface area contributed by atoms with Crippen molar-refractivity contribution in [3.63, 3.8) is 0 Å². The molecule has 0 aromatic rings. The maximum absolute atomic E-state index is 10.2. The van der Waals surface area contributed by atoms with Gasteiger partial charge in [-0.15, -0.1) is 0 Å². The summed E-state index contributed by atoms with van der Waals surface area (Å²) in [5.74, 6) is 0. The first-order valence-electron chi connectivity index (χ1n) is 2.51. The van der Waals surface area contributed by atoms with Crippen molar-refractivity contribution in [3.8, 4) is 0 Å². The van der Waals surface area contributed by atoms with Gasteiger partial charge in [-0.2, -0.15) is 0 Å². The lowest BCUT2D eigenvalue weighted by Crippen LogP contribution is -2.15. The summed E-state index contributed by atoms with van der Waals surface area (Å²) >= 11 is 0. The zero-order valence-electron chi connectivity index (χ0n) is 6.03. The number of methoxy groups -OCH3 is 2. The number of hydrogen-bond acceptors (Lipinski definition) is 6. The summed E-state index contributed by atoms with van der Waals surface area (Å²) in [5, 5.41) is 0. The highest BCUT2D eigenvalue weighted by Gasteiger charge is 2.09. The van der Waals surface area contributed by atoms with Crippen molar-refractivity contribution in [2.75, 3.05) is 14.2 Å². The zero-order chi connectivity index (χ0) is 8.69. The molecule has 0 unspecified atom stereocenters. The van der Waals surface area contributed by atoms with Crippen LogP contribution in [0.25, 0.3) is 0 Å². The van der Waals surface area contributed by atoms with Crippen LogP contribution in [0.3, 0.4) is 0 Å². The fourth-order valence-corrected chi connectivity index (χ4v) is 0.199. The summed E-state index contributed by atoms with van der Waals surface area (Å²) in [7, 11) is 2.75. The van der Waals surface area contributed by atoms with E-state index in [1.165, 1.54) is 0 Å². The summed E-state index contributed by atoms with van der Waals surface area (Å²) in [6, 6.07) is 0. The van der Waals surface area contributed by atoms with Crippen molar-refractivity contribution in [3.05, 3.63) is 0 Å². The molecular weight excluding hydrogens is 155 g/mol. The Labute approximate surface area is 63.7 Å². The van der Waals surface area contributed by atoms with Crippen molar-refractivity contribution in [2.24, 2.45) is 0 Å². The summed E-state index contributed by atoms with van der Waals surface area (Å²) in [4.78, 5) is 20.3. The van der Waals surface area contributed by atoms with Gasteiger partial charge in [0.2, 0.25) is 0 Å². The van der Waals surface area contributed by atoms with Crippen molar-refractivity contribution in [1.82, 2.24) is 0 Å². The number of ether oxygens (including phenoxy) is 2. The fourth-order valence-electron chi connectivity index (χ4n) is 0.199. The van der Waals surface area contributed by atoms with Crippen LogP contribution in [-0.2, 0) is 18.8 Å². The Kier molecular flexibility index (Phi) is 4.71. The van der Waals surface area contributed by atoms with Crippen LogP contribution < -0.4 is 0 Å². The molecule has 0 aliphatic carbocycles. The minimum atomic E-state index is -0.978. The van der Waals surface area contributed by atoms with Crippen LogP contribution in [-0.4, -0.2) is 34.2 Å². The quantitative estimate of drug-likeness (QED) is 0.422. The van der Waals surface area contributed by atoms with E-state index in [-0.39, 0.29) is 0 Å². The normalized spacial score (nSPS) is 7.82. The molecule has 0 fully saturated rings. The largest absolute Gasteiger partial charge is 0.667 e. The Bertz CT molecular complexity index is 130. The predicted octanol–water partition coefficient (Wildman–Crippen LogP) is 0.0866. The Morgan fingerprint density at radius 3 is 1.64 bits per heavy atom. The van der Waals surface area contributed by atoms with Gasteiger partial charge in [0.05, 0.1) is 14.2 Å². The van der Waals surface area contributed by atoms with Crippen LogP contribution in [0.15, 0.2) is 0 Å². The molecule has 0 heterocycles. The standard InChI is InChI=1S/C4H6BO6/c1-8-3(6)10-5-11-4(7)9-2/h1-2H3. The number of hydrogen-bond donors (Lipinski definition) is 0. The van der Waals surface area contributed by atoms with Gasteiger partial charge in [-0.3, -0.25) is 0 Å². The van der Waals surface area contributed by atoms with E-state index in [2.05, 4.69) is 18.8 Å². The van der Waals surface area contributed by atoms with Gasteiger partial charge in [0.15, 0.2) is 0 Å². The van der Waals surface area contributed by atoms with Crippen molar-refractivity contribution in [2.45, 2.75) is 0 Å². The van der Waals surface area contributed by atoms with E-state index < -0.39 is 12.3 Å². The maximum Gasteiger partial charge on any atom is 0.667 e. The van der Waals surface area contributed by atoms with Gasteiger partial charge in [0.1, 0.15) is 0 Å². The van der Waals surface area contributed by atoms with Crippen molar-refractivity contribution < 1.29 is 28.4 Å². The lowest BCUT2D eigenvalue weighted by molar-refractivity contribution is 0.0983. The van der Waals surface area contributed by atoms with E-state index in [1.54, 1.807) is 0 Å². The molecule has 0 amide bonds. The van der Waals surface area contributed by atoms with Crippen LogP contribution >= 0.6 is 0 Å². The van der Waals surface area contributed by atoms with Crippen molar-refractivity contribution in [1.29, 1.82) is 0 Å². The zero-order valence-corrected chi connectivity index (χ0v) is 6.03. The Balaban J connectivity index is 3.27. The number of rotatable bonds is 2. The van der Waals surface area contributed by atoms with Gasteiger partial charge in [0, 0.05) is 0 Å². The third-order valence-electron chi connectivity index (χ3n) is 0.622. The Morgan fingerprint density at radius 1 is 1.00 bits per heavy atom. The molecule has 0 aliphatic heterocycles. The molecule has 0 rings (SSSR count). The number of carbonyl (C=O) groups excluding carboxylic acids is 2. The van der Waals surface area contributed by atoms with Gasteiger partial charge in [-0.1, -0.05) is 0 Å². The molecule has 0 aromatic carbocycles. The molecule has 0 N–H and O–H groups in total. The lowest BCUT2D eigenvalue weighted by Gasteiger charge is -2.00. The summed E-state index contributed by atoms with van der Waals surface area (Å²) in [5.41, 5.74) is 0. The Morgan fingerprint density at radius 2 is 1.36 bits per heavy atom. The van der Waals surface area contributed by atoms with Gasteiger partial charge in [-0.05, 0) is 0 Å². The third-order valence-corrected chi connectivity index (χ3v) is 0.622. The molecule has 61 valence electrons. The monoisotopic (exact) mass is 161 g/mol. The van der Waals surface area contributed by atoms with Crippen LogP contribution in [0.1, 0.15) is 0 Å². The Hall–Kier alpha value is -1.40. The van der Waals surface area contributed by atoms with Crippen molar-refractivity contribution >= 4 is 20.0 Å². The molecule has 0 bridgehead atoms. The highest BCUT2D eigenvalue weighted by molar-refractivity contribution is 6.24. The molecule has 0 atom stereocenters. The first kappa shape index (κ1) is 9.60. The SMILES string of the molecule is COC(=O)O[B]OC(=O)OC. The minimum absolute atomic E-state index is 0.512. The molecule has 7 heteroatoms. The van der Waals surface area contributed by atoms with Crippen LogP contribution in [0.5, 0.6) is 0 Å². The molecule has 0 saturated carbocycles. The smallest absolute Gasteiger partial charge is 0.467 e. The summed E-state index contributed by atoms with van der Waals surface area (Å²) in [6.07, 6.45) is -1.96. The molecule has 1 radical (unpaired) electrons. The topological polar surface area (TPSA) is 71.1 Å². The maximum atomic E-state index is 10.2. The first-order chi connectivity index (χ1) is 5.20. The molecule has 0 aromatic heterocycles. The second-order valence-corrected chi connectivity index (χ2v) is 1.24. The second-order valence-electron chi connectivity index (χ2n) is 1.24. The first-order valence-corrected chi connectivity index (χ1v) is 2.51. The minimum Gasteiger partial charge on any atom is -0.467 e. The molecular formula is C4H6BO6. The lowest BCUT2D eigenvalue weighted by atomic mass is 10.4. The molecule has 0 saturated heterocycles. The molecule has 6 nitrogen and oxygen atoms in total. The summed E-state index contributed by atoms with van der Waals surface area (Å²) < 4.78 is 16.2.